The van der Waals surface area contributed by atoms with Crippen molar-refractivity contribution in [1.82, 2.24) is 10.2 Å². The Hall–Kier alpha value is -1.55. The van der Waals surface area contributed by atoms with Gasteiger partial charge in [-0.1, -0.05) is 25.1 Å². The molecule has 0 bridgehead atoms. The summed E-state index contributed by atoms with van der Waals surface area (Å²) in [7, 11) is 3.60. The van der Waals surface area contributed by atoms with Crippen LogP contribution in [0.3, 0.4) is 0 Å². The topological polar surface area (TPSA) is 52.6 Å². The number of nitrogens with one attached hydrogen (secondary N) is 1. The Labute approximate surface area is 109 Å². The van der Waals surface area contributed by atoms with Gasteiger partial charge in [0.1, 0.15) is 5.75 Å². The van der Waals surface area contributed by atoms with Crippen LogP contribution in [0.15, 0.2) is 24.3 Å². The zero-order chi connectivity index (χ0) is 13.7. The Morgan fingerprint density at radius 2 is 2.00 bits per heavy atom. The van der Waals surface area contributed by atoms with Crippen LogP contribution in [0.4, 0.5) is 0 Å². The zero-order valence-electron chi connectivity index (χ0n) is 11.5. The van der Waals surface area contributed by atoms with E-state index in [-0.39, 0.29) is 17.9 Å². The Balaban J connectivity index is 2.70. The molecule has 1 aromatic carbocycles. The van der Waals surface area contributed by atoms with Crippen molar-refractivity contribution in [3.63, 3.8) is 0 Å². The van der Waals surface area contributed by atoms with Crippen LogP contribution in [0, 0.1) is 5.92 Å². The maximum absolute atomic E-state index is 11.5. The first kappa shape index (κ1) is 14.5. The number of carbonyl (C=O) groups is 1. The molecule has 100 valence electrons. The summed E-state index contributed by atoms with van der Waals surface area (Å²) in [5.74, 6) is 0.254. The molecule has 18 heavy (non-hydrogen) atoms. The van der Waals surface area contributed by atoms with E-state index in [0.29, 0.717) is 12.3 Å². The molecule has 0 saturated carbocycles. The Morgan fingerprint density at radius 3 is 2.56 bits per heavy atom. The van der Waals surface area contributed by atoms with Gasteiger partial charge in [0.25, 0.3) is 0 Å². The van der Waals surface area contributed by atoms with Gasteiger partial charge in [-0.3, -0.25) is 9.69 Å². The fourth-order valence-electron chi connectivity index (χ4n) is 2.00. The van der Waals surface area contributed by atoms with E-state index in [2.05, 4.69) is 10.2 Å². The number of benzene rings is 1. The number of nitrogens with zero attached hydrogens (tertiary/aromatic N) is 1. The van der Waals surface area contributed by atoms with Crippen LogP contribution in [-0.4, -0.2) is 36.6 Å². The van der Waals surface area contributed by atoms with Crippen molar-refractivity contribution in [3.05, 3.63) is 29.8 Å². The van der Waals surface area contributed by atoms with E-state index in [1.807, 2.05) is 33.0 Å². The Morgan fingerprint density at radius 1 is 1.39 bits per heavy atom. The first-order valence-electron chi connectivity index (χ1n) is 6.17. The van der Waals surface area contributed by atoms with Crippen molar-refractivity contribution in [3.8, 4) is 5.75 Å². The molecular weight excluding hydrogens is 228 g/mol. The Kier molecular flexibility index (Phi) is 5.16. The number of hydrogen-bond acceptors (Lipinski definition) is 3. The Bertz CT molecular complexity index is 407. The van der Waals surface area contributed by atoms with Crippen LogP contribution in [0.5, 0.6) is 5.75 Å². The molecule has 2 unspecified atom stereocenters. The summed E-state index contributed by atoms with van der Waals surface area (Å²) in [5.41, 5.74) is 0.879. The molecule has 0 radical (unpaired) electrons. The van der Waals surface area contributed by atoms with Crippen LogP contribution in [-0.2, 0) is 4.79 Å². The van der Waals surface area contributed by atoms with Gasteiger partial charge >= 0.3 is 0 Å². The molecule has 2 N–H and O–H groups in total. The highest BCUT2D eigenvalue weighted by molar-refractivity contribution is 5.78. The average molecular weight is 250 g/mol. The molecule has 4 nitrogen and oxygen atoms in total. The number of rotatable bonds is 5. The van der Waals surface area contributed by atoms with E-state index in [0.717, 1.165) is 5.56 Å². The largest absolute Gasteiger partial charge is 0.508 e. The minimum Gasteiger partial charge on any atom is -0.508 e. The van der Waals surface area contributed by atoms with E-state index in [9.17, 15) is 9.90 Å². The molecule has 0 spiro atoms. The number of phenols is 1. The van der Waals surface area contributed by atoms with Crippen molar-refractivity contribution in [2.75, 3.05) is 20.6 Å². The van der Waals surface area contributed by atoms with Crippen LogP contribution in [0.2, 0.25) is 0 Å². The quantitative estimate of drug-likeness (QED) is 0.837. The molecule has 2 atom stereocenters. The van der Waals surface area contributed by atoms with Gasteiger partial charge in [0.05, 0.1) is 0 Å². The second-order valence-corrected chi connectivity index (χ2v) is 4.69. The molecule has 1 amide bonds. The normalized spacial score (nSPS) is 14.3. The fourth-order valence-corrected chi connectivity index (χ4v) is 2.00. The van der Waals surface area contributed by atoms with Gasteiger partial charge in [-0.15, -0.1) is 0 Å². The fraction of sp³-hybridized carbons (Fsp3) is 0.500. The predicted octanol–water partition coefficient (Wildman–Crippen LogP) is 1.77. The van der Waals surface area contributed by atoms with Crippen LogP contribution in [0.25, 0.3) is 0 Å². The molecule has 4 heteroatoms. The van der Waals surface area contributed by atoms with Gasteiger partial charge in [0.2, 0.25) is 5.91 Å². The first-order valence-corrected chi connectivity index (χ1v) is 6.17. The number of para-hydroxylation sites is 1. The third-order valence-electron chi connectivity index (χ3n) is 3.30. The summed E-state index contributed by atoms with van der Waals surface area (Å²) in [5, 5.41) is 12.5. The minimum absolute atomic E-state index is 0.0336. The molecule has 1 rings (SSSR count). The maximum atomic E-state index is 11.5. The van der Waals surface area contributed by atoms with E-state index >= 15 is 0 Å². The number of phenolic OH excluding ortho intramolecular Hbond substituents is 1. The van der Waals surface area contributed by atoms with Crippen molar-refractivity contribution >= 4 is 5.91 Å². The molecule has 1 aromatic rings. The van der Waals surface area contributed by atoms with Gasteiger partial charge in [-0.25, -0.2) is 0 Å². The molecule has 0 saturated heterocycles. The third kappa shape index (κ3) is 3.47. The van der Waals surface area contributed by atoms with E-state index in [1.54, 1.807) is 19.2 Å². The predicted molar refractivity (Wildman–Crippen MR) is 72.4 cm³/mol. The molecule has 0 aliphatic carbocycles. The van der Waals surface area contributed by atoms with Gasteiger partial charge in [-0.05, 0) is 20.0 Å². The second-order valence-electron chi connectivity index (χ2n) is 4.69. The highest BCUT2D eigenvalue weighted by Crippen LogP contribution is 2.27. The van der Waals surface area contributed by atoms with Crippen molar-refractivity contribution in [2.45, 2.75) is 19.9 Å². The molecule has 0 aliphatic heterocycles. The lowest BCUT2D eigenvalue weighted by atomic mass is 10.0. The summed E-state index contributed by atoms with van der Waals surface area (Å²) < 4.78 is 0. The van der Waals surface area contributed by atoms with Crippen molar-refractivity contribution < 1.29 is 9.90 Å². The second kappa shape index (κ2) is 6.40. The molecule has 0 aliphatic rings. The number of carbonyl (C=O) groups excluding carboxylic acids is 1. The number of amides is 1. The minimum atomic E-state index is -0.0756. The van der Waals surface area contributed by atoms with Crippen LogP contribution in [0.1, 0.15) is 25.5 Å². The van der Waals surface area contributed by atoms with E-state index in [1.165, 1.54) is 0 Å². The van der Waals surface area contributed by atoms with E-state index < -0.39 is 0 Å². The molecular formula is C14H22N2O2. The molecule has 0 fully saturated rings. The first-order chi connectivity index (χ1) is 8.47. The highest BCUT2D eigenvalue weighted by Gasteiger charge is 2.19. The summed E-state index contributed by atoms with van der Waals surface area (Å²) >= 11 is 0. The summed E-state index contributed by atoms with van der Waals surface area (Å²) in [4.78, 5) is 13.6. The molecule has 0 heterocycles. The smallest absolute Gasteiger partial charge is 0.223 e. The van der Waals surface area contributed by atoms with Crippen LogP contribution >= 0.6 is 0 Å². The van der Waals surface area contributed by atoms with Crippen LogP contribution < -0.4 is 5.32 Å². The lowest BCUT2D eigenvalue weighted by molar-refractivity contribution is -0.124. The van der Waals surface area contributed by atoms with Crippen molar-refractivity contribution in [1.29, 1.82) is 0 Å². The lowest BCUT2D eigenvalue weighted by Gasteiger charge is -2.27. The molecule has 0 aromatic heterocycles. The van der Waals surface area contributed by atoms with Gasteiger partial charge < -0.3 is 10.4 Å². The maximum Gasteiger partial charge on any atom is 0.223 e. The van der Waals surface area contributed by atoms with Crippen molar-refractivity contribution in [2.24, 2.45) is 5.92 Å². The standard InChI is InChI=1S/C14H22N2O2/c1-10(14(18)15-3)9-16(4)11(2)12-7-5-6-8-13(12)17/h5-8,10-11,17H,9H2,1-4H3,(H,15,18). The SMILES string of the molecule is CNC(=O)C(C)CN(C)C(C)c1ccccc1O. The monoisotopic (exact) mass is 250 g/mol. The number of aromatic hydroxyl groups is 1. The average Bonchev–Trinajstić information content (AvgIpc) is 2.37. The summed E-state index contributed by atoms with van der Waals surface area (Å²) in [6, 6.07) is 7.36. The summed E-state index contributed by atoms with van der Waals surface area (Å²) in [6.45, 7) is 4.56. The van der Waals surface area contributed by atoms with Gasteiger partial charge in [0.15, 0.2) is 0 Å². The van der Waals surface area contributed by atoms with E-state index in [4.69, 9.17) is 0 Å². The van der Waals surface area contributed by atoms with Gasteiger partial charge in [-0.2, -0.15) is 0 Å². The number of hydrogen-bond donors (Lipinski definition) is 2. The van der Waals surface area contributed by atoms with Gasteiger partial charge in [0, 0.05) is 31.1 Å². The highest BCUT2D eigenvalue weighted by atomic mass is 16.3. The third-order valence-corrected chi connectivity index (χ3v) is 3.30. The zero-order valence-corrected chi connectivity index (χ0v) is 11.5. The summed E-state index contributed by atoms with van der Waals surface area (Å²) in [6.07, 6.45) is 0. The lowest BCUT2D eigenvalue weighted by Crippen LogP contribution is -2.35.